The van der Waals surface area contributed by atoms with Gasteiger partial charge < -0.3 is 85.3 Å². The third-order valence-corrected chi connectivity index (χ3v) is 27.8. The zero-order valence-electron chi connectivity index (χ0n) is 81.0. The molecule has 0 radical (unpaired) electrons. The molecular weight excluding hydrogens is 2060 g/mol. The van der Waals surface area contributed by atoms with E-state index in [0.717, 1.165) is 36.5 Å². The lowest BCUT2D eigenvalue weighted by Gasteiger charge is -2.19. The van der Waals surface area contributed by atoms with Crippen LogP contribution in [0.1, 0.15) is 146 Å². The van der Waals surface area contributed by atoms with Gasteiger partial charge in [0.1, 0.15) is 34.5 Å². The molecule has 16 rings (SSSR count). The van der Waals surface area contributed by atoms with Crippen LogP contribution in [0.2, 0.25) is 30.1 Å². The maximum absolute atomic E-state index is 15.4. The summed E-state index contributed by atoms with van der Waals surface area (Å²) in [6.45, 7) is 21.8. The van der Waals surface area contributed by atoms with E-state index >= 15 is 28.8 Å². The van der Waals surface area contributed by atoms with Crippen LogP contribution in [0.25, 0.3) is 32.3 Å². The second kappa shape index (κ2) is 49.8. The number of carbonyl (C=O) groups excluding carboxylic acids is 12. The van der Waals surface area contributed by atoms with Gasteiger partial charge in [0.25, 0.3) is 0 Å². The summed E-state index contributed by atoms with van der Waals surface area (Å²) in [6.07, 6.45) is 9.94. The summed E-state index contributed by atoms with van der Waals surface area (Å²) in [4.78, 5) is 163. The van der Waals surface area contributed by atoms with Crippen molar-refractivity contribution in [3.63, 3.8) is 0 Å². The van der Waals surface area contributed by atoms with Crippen LogP contribution in [0.5, 0.6) is 69.0 Å². The summed E-state index contributed by atoms with van der Waals surface area (Å²) < 4.78 is 106. The van der Waals surface area contributed by atoms with Crippen LogP contribution in [0.3, 0.4) is 0 Å². The van der Waals surface area contributed by atoms with E-state index in [0.29, 0.717) is 106 Å². The van der Waals surface area contributed by atoms with E-state index in [2.05, 4.69) is 39.5 Å². The van der Waals surface area contributed by atoms with E-state index in [1.807, 2.05) is 0 Å². The van der Waals surface area contributed by atoms with Gasteiger partial charge in [-0.1, -0.05) is 145 Å². The average Bonchev–Trinajstić information content (AvgIpc) is 1.30. The zero-order valence-corrected chi connectivity index (χ0v) is 85.5. The molecule has 6 fully saturated rings. The smallest absolute Gasteiger partial charge is 0.330 e. The molecule has 12 atom stereocenters. The first-order valence-corrected chi connectivity index (χ1v) is 50.9. The Balaban J connectivity index is 0.810. The van der Waals surface area contributed by atoms with Crippen molar-refractivity contribution in [3.8, 4) is 69.0 Å². The van der Waals surface area contributed by atoms with Gasteiger partial charge in [-0.15, -0.1) is 0 Å². The second-order valence-corrected chi connectivity index (χ2v) is 38.8. The van der Waals surface area contributed by atoms with Gasteiger partial charge in [0.15, 0.2) is 34.5 Å². The predicted molar refractivity (Wildman–Crippen MR) is 554 cm³/mol. The molecular formula is C114H102Cl6O30. The van der Waals surface area contributed by atoms with Crippen LogP contribution in [-0.2, 0) is 86.0 Å². The Kier molecular flexibility index (Phi) is 36.0. The van der Waals surface area contributed by atoms with Crippen molar-refractivity contribution >= 4 is 174 Å². The number of carbonyl (C=O) groups is 12. The first kappa shape index (κ1) is 108. The van der Waals surface area contributed by atoms with Crippen molar-refractivity contribution in [1.82, 2.24) is 0 Å². The first-order chi connectivity index (χ1) is 72.5. The Morgan fingerprint density at radius 2 is 0.347 bits per heavy atom. The molecule has 0 saturated heterocycles. The fraction of sp³-hybridized carbons (Fsp3) is 0.316. The van der Waals surface area contributed by atoms with Gasteiger partial charge in [0.2, 0.25) is 0 Å². The third-order valence-electron chi connectivity index (χ3n) is 26.0. The van der Waals surface area contributed by atoms with Crippen molar-refractivity contribution < 1.29 is 143 Å². The number of fused-ring (bicyclic) bond motifs is 6. The highest BCUT2D eigenvalue weighted by Crippen LogP contribution is 2.59. The zero-order chi connectivity index (χ0) is 106. The topological polar surface area (TPSA) is 371 Å². The molecule has 6 aliphatic carbocycles. The highest BCUT2D eigenvalue weighted by Gasteiger charge is 2.52. The van der Waals surface area contributed by atoms with Crippen molar-refractivity contribution in [2.24, 2.45) is 35.5 Å². The summed E-state index contributed by atoms with van der Waals surface area (Å²) >= 11 is 41.2. The Hall–Kier alpha value is -14.4. The summed E-state index contributed by atoms with van der Waals surface area (Å²) in [7, 11) is 0. The van der Waals surface area contributed by atoms with E-state index in [9.17, 15) is 28.8 Å². The number of hydrogen-bond donors (Lipinski definition) is 0. The molecule has 0 N–H and O–H groups in total. The molecule has 0 spiro atoms. The molecule has 36 heteroatoms. The van der Waals surface area contributed by atoms with Gasteiger partial charge in [-0.05, 0) is 249 Å². The average molecular weight is 2160 g/mol. The molecule has 30 nitrogen and oxygen atoms in total. The molecule has 12 unspecified atom stereocenters. The highest BCUT2D eigenvalue weighted by atomic mass is 35.5. The number of rotatable bonds is 54. The summed E-state index contributed by atoms with van der Waals surface area (Å²) in [6, 6.07) is 39.4. The Labute approximate surface area is 891 Å². The van der Waals surface area contributed by atoms with E-state index in [1.165, 1.54) is 36.4 Å². The molecule has 0 aromatic heterocycles. The fourth-order valence-corrected chi connectivity index (χ4v) is 19.0. The molecule has 780 valence electrons. The lowest BCUT2D eigenvalue weighted by molar-refractivity contribution is -0.138. The molecule has 10 aromatic rings. The Morgan fingerprint density at radius 1 is 0.207 bits per heavy atom. The number of hydrogen-bond acceptors (Lipinski definition) is 30. The standard InChI is InChI=1S/C114H102Cl6O30/c1-7-103(121)139-37-13-31-133-91-25-19-61(43-85(91)115)67-49-79(67)109(127)145-97-55-73-74(56-98(97)146-110(128)80-50-68(80)62-20-26-92(86(116)44-62)134-32-14-38-140-104(122)8-2)76-58-100(148-112(130)82-52-70(82)64-22-28-94(88(118)46-64)136-34-16-40-142-106(124)10-4)102(150-114(132)84-54-72(84)66-24-30-96(90(120)48-66)138-36-18-42-144-108(126)12-6)60-78(76)77-59-101(149-113(131)83-53-71(83)65-23-29-95(89(119)47-65)137-35-17-41-143-107(125)11-5)99(57-75(73)77)147-111(129)81-51-69(81)63-21-27-93(87(117)45-63)135-33-15-39-141-105(123)9-3/h7-12,19-30,43-48,55-60,67-72,79-84H,1-6,13-18,31-42,49-54H2. The monoisotopic (exact) mass is 2160 g/mol. The molecule has 6 aliphatic rings. The number of ether oxygens (including phenoxy) is 18. The molecule has 0 bridgehead atoms. The van der Waals surface area contributed by atoms with Crippen LogP contribution < -0.4 is 56.8 Å². The second-order valence-electron chi connectivity index (χ2n) is 36.3. The minimum Gasteiger partial charge on any atom is -0.492 e. The van der Waals surface area contributed by atoms with Gasteiger partial charge in [-0.2, -0.15) is 0 Å². The van der Waals surface area contributed by atoms with E-state index in [-0.39, 0.29) is 215 Å². The van der Waals surface area contributed by atoms with E-state index in [4.69, 9.17) is 155 Å². The van der Waals surface area contributed by atoms with Crippen LogP contribution in [0.4, 0.5) is 0 Å². The van der Waals surface area contributed by atoms with Crippen molar-refractivity contribution in [2.45, 2.75) is 113 Å². The lowest BCUT2D eigenvalue weighted by atomic mass is 9.93. The van der Waals surface area contributed by atoms with E-state index < -0.39 is 143 Å². The van der Waals surface area contributed by atoms with Crippen molar-refractivity contribution in [3.05, 3.63) is 285 Å². The molecule has 0 aliphatic heterocycles. The molecule has 10 aromatic carbocycles. The van der Waals surface area contributed by atoms with Crippen LogP contribution >= 0.6 is 69.6 Å². The number of halogens is 6. The summed E-state index contributed by atoms with van der Waals surface area (Å²) in [5, 5.41) is 2.53. The van der Waals surface area contributed by atoms with E-state index in [1.54, 1.807) is 109 Å². The Morgan fingerprint density at radius 3 is 0.473 bits per heavy atom. The maximum Gasteiger partial charge on any atom is 0.330 e. The van der Waals surface area contributed by atoms with Gasteiger partial charge in [0.05, 0.1) is 145 Å². The normalized spacial score (nSPS) is 19.0. The first-order valence-electron chi connectivity index (χ1n) is 48.6. The quantitative estimate of drug-likeness (QED) is 0.00853. The van der Waals surface area contributed by atoms with Crippen LogP contribution in [0, 0.1) is 35.5 Å². The predicted octanol–water partition coefficient (Wildman–Crippen LogP) is 22.3. The number of esters is 12. The van der Waals surface area contributed by atoms with Crippen LogP contribution in [-0.4, -0.2) is 151 Å². The van der Waals surface area contributed by atoms with Gasteiger partial charge >= 0.3 is 71.6 Å². The van der Waals surface area contributed by atoms with Crippen LogP contribution in [0.15, 0.2) is 222 Å². The Bertz CT molecular complexity index is 5930. The summed E-state index contributed by atoms with van der Waals surface area (Å²) in [5.74, 6) is -15.5. The highest BCUT2D eigenvalue weighted by molar-refractivity contribution is 6.34. The minimum atomic E-state index is -0.825. The summed E-state index contributed by atoms with van der Waals surface area (Å²) in [5.41, 5.74) is 3.95. The largest absolute Gasteiger partial charge is 0.492 e. The van der Waals surface area contributed by atoms with Crippen molar-refractivity contribution in [1.29, 1.82) is 0 Å². The third kappa shape index (κ3) is 27.6. The van der Waals surface area contributed by atoms with Gasteiger partial charge in [-0.3, -0.25) is 28.8 Å². The van der Waals surface area contributed by atoms with Crippen molar-refractivity contribution in [2.75, 3.05) is 79.3 Å². The molecule has 150 heavy (non-hydrogen) atoms. The SMILES string of the molecule is C=CC(=O)OCCCOc1ccc(C2CC2C(=O)Oc2cc3c4cc(OC(=O)C5CC5c5ccc(OCCCOC(=O)C=C)c(Cl)c5)c(OC(=O)C5CC5c5ccc(OCCCOC(=O)C=C)c(Cl)c5)cc4c4cc(OC(=O)C5CC5c5ccc(OCCCOC(=O)C=C)c(Cl)c5)c(OC(=O)C5CC5c5ccc(OCCCOC(=O)C=C)c(Cl)c5)cc4c3cc2OC(=O)C2CC2c2ccc(OCCCOC(=O)C=C)c(Cl)c2)cc1Cl. The molecule has 0 amide bonds. The fourth-order valence-electron chi connectivity index (χ4n) is 17.6. The molecule has 6 saturated carbocycles. The van der Waals surface area contributed by atoms with Gasteiger partial charge in [-0.25, -0.2) is 28.8 Å². The maximum atomic E-state index is 15.4. The van der Waals surface area contributed by atoms with Gasteiger partial charge in [0, 0.05) is 75.0 Å². The number of benzene rings is 10. The lowest BCUT2D eigenvalue weighted by Crippen LogP contribution is -2.16. The minimum absolute atomic E-state index is 0.0630. The molecule has 0 heterocycles.